The molecule has 1 aliphatic rings. The van der Waals surface area contributed by atoms with Crippen molar-refractivity contribution >= 4 is 10.0 Å². The Labute approximate surface area is 134 Å². The summed E-state index contributed by atoms with van der Waals surface area (Å²) in [5, 5.41) is 0. The minimum absolute atomic E-state index is 0.0956. The number of sulfonamides is 1. The van der Waals surface area contributed by atoms with Crippen molar-refractivity contribution in [1.82, 2.24) is 13.9 Å². The molecular weight excluding hydrogens is 321 g/mol. The van der Waals surface area contributed by atoms with Gasteiger partial charge in [0.25, 0.3) is 0 Å². The maximum Gasteiger partial charge on any atom is 0.243 e. The maximum atomic E-state index is 13.0. The fourth-order valence-electron chi connectivity index (χ4n) is 2.57. The second-order valence-corrected chi connectivity index (χ2v) is 7.20. The van der Waals surface area contributed by atoms with Gasteiger partial charge in [-0.15, -0.1) is 0 Å². The van der Waals surface area contributed by atoms with Crippen LogP contribution in [0.25, 0.3) is 0 Å². The van der Waals surface area contributed by atoms with E-state index in [1.54, 1.807) is 6.33 Å². The molecule has 0 N–H and O–H groups in total. The molecule has 0 fully saturated rings. The first kappa shape index (κ1) is 16.1. The van der Waals surface area contributed by atoms with Crippen LogP contribution in [0.2, 0.25) is 0 Å². The summed E-state index contributed by atoms with van der Waals surface area (Å²) >= 11 is 0. The number of benzene rings is 1. The molecule has 0 atom stereocenters. The van der Waals surface area contributed by atoms with Gasteiger partial charge in [-0.25, -0.2) is 17.8 Å². The fraction of sp³-hybridized carbons (Fsp3) is 0.400. The molecule has 0 radical (unpaired) electrons. The molecule has 0 amide bonds. The summed E-state index contributed by atoms with van der Waals surface area (Å²) < 4.78 is 47.1. The molecule has 124 valence electrons. The van der Waals surface area contributed by atoms with Crippen molar-refractivity contribution in [2.75, 3.05) is 13.2 Å². The van der Waals surface area contributed by atoms with E-state index in [4.69, 9.17) is 4.74 Å². The van der Waals surface area contributed by atoms with E-state index in [0.717, 1.165) is 23.5 Å². The lowest BCUT2D eigenvalue weighted by atomic mass is 10.3. The summed E-state index contributed by atoms with van der Waals surface area (Å²) in [6.45, 7) is 3.97. The molecule has 0 unspecified atom stereocenters. The Kier molecular flexibility index (Phi) is 4.47. The van der Waals surface area contributed by atoms with E-state index in [1.807, 2.05) is 11.5 Å². The van der Waals surface area contributed by atoms with Gasteiger partial charge in [0.1, 0.15) is 5.82 Å². The number of nitrogens with zero attached hydrogens (tertiary/aromatic N) is 3. The molecule has 1 aromatic heterocycles. The Morgan fingerprint density at radius 3 is 2.70 bits per heavy atom. The van der Waals surface area contributed by atoms with E-state index in [0.29, 0.717) is 26.3 Å². The van der Waals surface area contributed by atoms with Gasteiger partial charge in [-0.3, -0.25) is 0 Å². The van der Waals surface area contributed by atoms with Gasteiger partial charge >= 0.3 is 0 Å². The summed E-state index contributed by atoms with van der Waals surface area (Å²) in [6.07, 6.45) is 1.71. The number of ether oxygens (including phenoxy) is 1. The zero-order valence-corrected chi connectivity index (χ0v) is 13.6. The average molecular weight is 339 g/mol. The Morgan fingerprint density at radius 1 is 1.26 bits per heavy atom. The second kappa shape index (κ2) is 6.38. The minimum Gasteiger partial charge on any atom is -0.375 e. The van der Waals surface area contributed by atoms with E-state index in [2.05, 4.69) is 4.98 Å². The Bertz CT molecular complexity index is 787. The molecule has 0 spiro atoms. The van der Waals surface area contributed by atoms with Crippen LogP contribution in [-0.4, -0.2) is 35.4 Å². The summed E-state index contributed by atoms with van der Waals surface area (Å²) in [5.41, 5.74) is 1.60. The van der Waals surface area contributed by atoms with Crippen molar-refractivity contribution in [3.8, 4) is 0 Å². The van der Waals surface area contributed by atoms with Crippen molar-refractivity contribution in [3.63, 3.8) is 0 Å². The highest BCUT2D eigenvalue weighted by Crippen LogP contribution is 2.23. The van der Waals surface area contributed by atoms with E-state index in [-0.39, 0.29) is 11.4 Å². The molecule has 3 rings (SSSR count). The third-order valence-corrected chi connectivity index (χ3v) is 5.70. The summed E-state index contributed by atoms with van der Waals surface area (Å²) in [6, 6.07) is 4.89. The van der Waals surface area contributed by atoms with Crippen LogP contribution >= 0.6 is 0 Å². The predicted octanol–water partition coefficient (Wildman–Crippen LogP) is 1.76. The lowest BCUT2D eigenvalue weighted by Crippen LogP contribution is -2.38. The highest BCUT2D eigenvalue weighted by molar-refractivity contribution is 7.89. The molecule has 23 heavy (non-hydrogen) atoms. The predicted molar refractivity (Wildman–Crippen MR) is 81.6 cm³/mol. The summed E-state index contributed by atoms with van der Waals surface area (Å²) in [4.78, 5) is 4.40. The van der Waals surface area contributed by atoms with E-state index >= 15 is 0 Å². The zero-order chi connectivity index (χ0) is 16.4. The lowest BCUT2D eigenvalue weighted by Gasteiger charge is -2.28. The van der Waals surface area contributed by atoms with Crippen LogP contribution in [-0.2, 0) is 34.5 Å². The van der Waals surface area contributed by atoms with E-state index < -0.39 is 15.8 Å². The molecular formula is C15H18FN3O3S. The van der Waals surface area contributed by atoms with Crippen LogP contribution in [0.3, 0.4) is 0 Å². The van der Waals surface area contributed by atoms with Crippen molar-refractivity contribution in [3.05, 3.63) is 47.8 Å². The van der Waals surface area contributed by atoms with Gasteiger partial charge in [-0.2, -0.15) is 4.31 Å². The Hall–Kier alpha value is -1.77. The molecule has 2 aromatic rings. The van der Waals surface area contributed by atoms with Crippen LogP contribution in [0.5, 0.6) is 0 Å². The first-order valence-corrected chi connectivity index (χ1v) is 8.82. The van der Waals surface area contributed by atoms with Crippen molar-refractivity contribution < 1.29 is 17.5 Å². The number of halogens is 1. The zero-order valence-electron chi connectivity index (χ0n) is 12.8. The smallest absolute Gasteiger partial charge is 0.243 e. The van der Waals surface area contributed by atoms with Gasteiger partial charge in [0.15, 0.2) is 0 Å². The number of aromatic nitrogens is 2. The van der Waals surface area contributed by atoms with Gasteiger partial charge in [0.05, 0.1) is 35.8 Å². The quantitative estimate of drug-likeness (QED) is 0.833. The molecule has 0 saturated carbocycles. The molecule has 0 saturated heterocycles. The van der Waals surface area contributed by atoms with Gasteiger partial charge in [0, 0.05) is 19.7 Å². The summed E-state index contributed by atoms with van der Waals surface area (Å²) in [5.74, 6) is -0.459. The second-order valence-electron chi connectivity index (χ2n) is 5.26. The maximum absolute atomic E-state index is 13.0. The molecule has 1 aliphatic heterocycles. The highest BCUT2D eigenvalue weighted by Gasteiger charge is 2.30. The molecule has 8 heteroatoms. The normalized spacial score (nSPS) is 15.6. The Balaban J connectivity index is 1.86. The van der Waals surface area contributed by atoms with Gasteiger partial charge < -0.3 is 9.30 Å². The average Bonchev–Trinajstić information content (AvgIpc) is 2.95. The third kappa shape index (κ3) is 3.15. The number of fused-ring (bicyclic) bond motifs is 1. The fourth-order valence-corrected chi connectivity index (χ4v) is 3.96. The van der Waals surface area contributed by atoms with Crippen molar-refractivity contribution in [2.24, 2.45) is 0 Å². The van der Waals surface area contributed by atoms with Crippen LogP contribution in [0.4, 0.5) is 4.39 Å². The molecule has 0 aliphatic carbocycles. The standard InChI is InChI=1S/C15H18FN3O3S/c1-2-22-10-14-15-9-19(8-7-18(15)11-17-14)23(20,21)13-5-3-12(16)4-6-13/h3-6,11H,2,7-10H2,1H3. The van der Waals surface area contributed by atoms with Crippen LogP contribution < -0.4 is 0 Å². The first-order chi connectivity index (χ1) is 11.0. The van der Waals surface area contributed by atoms with Gasteiger partial charge in [-0.05, 0) is 31.2 Å². The summed E-state index contributed by atoms with van der Waals surface area (Å²) in [7, 11) is -3.65. The SMILES string of the molecule is CCOCc1ncn2c1CN(S(=O)(=O)c1ccc(F)cc1)CC2. The van der Waals surface area contributed by atoms with Crippen LogP contribution in [0.15, 0.2) is 35.5 Å². The molecule has 0 bridgehead atoms. The monoisotopic (exact) mass is 339 g/mol. The van der Waals surface area contributed by atoms with Gasteiger partial charge in [-0.1, -0.05) is 0 Å². The molecule has 2 heterocycles. The Morgan fingerprint density at radius 2 is 2.00 bits per heavy atom. The van der Waals surface area contributed by atoms with Gasteiger partial charge in [0.2, 0.25) is 10.0 Å². The molecule has 1 aromatic carbocycles. The lowest BCUT2D eigenvalue weighted by molar-refractivity contribution is 0.130. The van der Waals surface area contributed by atoms with Crippen molar-refractivity contribution in [1.29, 1.82) is 0 Å². The minimum atomic E-state index is -3.65. The van der Waals surface area contributed by atoms with Crippen LogP contribution in [0, 0.1) is 5.82 Å². The topological polar surface area (TPSA) is 64.4 Å². The third-order valence-electron chi connectivity index (χ3n) is 3.84. The number of hydrogen-bond donors (Lipinski definition) is 0. The number of imidazole rings is 1. The highest BCUT2D eigenvalue weighted by atomic mass is 32.2. The van der Waals surface area contributed by atoms with E-state index in [1.165, 1.54) is 16.4 Å². The number of hydrogen-bond acceptors (Lipinski definition) is 4. The number of rotatable bonds is 5. The molecule has 6 nitrogen and oxygen atoms in total. The first-order valence-electron chi connectivity index (χ1n) is 7.38. The largest absolute Gasteiger partial charge is 0.375 e. The van der Waals surface area contributed by atoms with Crippen molar-refractivity contribution in [2.45, 2.75) is 31.5 Å². The van der Waals surface area contributed by atoms with E-state index in [9.17, 15) is 12.8 Å². The van der Waals surface area contributed by atoms with Crippen LogP contribution in [0.1, 0.15) is 18.3 Å².